The van der Waals surface area contributed by atoms with Crippen LogP contribution in [-0.4, -0.2) is 43.0 Å². The Labute approximate surface area is 226 Å². The molecule has 1 aliphatic heterocycles. The summed E-state index contributed by atoms with van der Waals surface area (Å²) >= 11 is 5.84. The summed E-state index contributed by atoms with van der Waals surface area (Å²) in [6.07, 6.45) is -4.60. The summed E-state index contributed by atoms with van der Waals surface area (Å²) in [5, 5.41) is 19.2. The van der Waals surface area contributed by atoms with E-state index in [1.54, 1.807) is 13.0 Å². The minimum atomic E-state index is -4.60. The van der Waals surface area contributed by atoms with Gasteiger partial charge in [0.1, 0.15) is 10.6 Å². The lowest BCUT2D eigenvalue weighted by molar-refractivity contribution is -0.385. The monoisotopic (exact) mass is 564 g/mol. The Kier molecular flexibility index (Phi) is 9.99. The van der Waals surface area contributed by atoms with E-state index in [-0.39, 0.29) is 27.5 Å². The predicted octanol–water partition coefficient (Wildman–Crippen LogP) is 5.69. The van der Waals surface area contributed by atoms with E-state index in [9.17, 15) is 32.9 Å². The molecule has 0 atom stereocenters. The average molecular weight is 565 g/mol. The number of amides is 2. The first kappa shape index (κ1) is 29.6. The van der Waals surface area contributed by atoms with Crippen LogP contribution in [0.4, 0.5) is 30.2 Å². The summed E-state index contributed by atoms with van der Waals surface area (Å²) in [6.45, 7) is 5.49. The Bertz CT molecular complexity index is 1350. The Balaban J connectivity index is 0.000000617. The van der Waals surface area contributed by atoms with E-state index in [2.05, 4.69) is 16.0 Å². The van der Waals surface area contributed by atoms with E-state index in [0.29, 0.717) is 5.56 Å². The molecule has 3 aromatic rings. The van der Waals surface area contributed by atoms with Gasteiger partial charge in [0.15, 0.2) is 0 Å². The molecule has 0 radical (unpaired) electrons. The second kappa shape index (κ2) is 13.2. The van der Waals surface area contributed by atoms with E-state index in [1.807, 2.05) is 0 Å². The van der Waals surface area contributed by atoms with E-state index in [4.69, 9.17) is 16.3 Å². The number of carbonyl (C=O) groups excluding carboxylic acids is 2. The van der Waals surface area contributed by atoms with E-state index < -0.39 is 34.2 Å². The van der Waals surface area contributed by atoms with Crippen molar-refractivity contribution < 1.29 is 32.4 Å². The minimum absolute atomic E-state index is 0.193. The van der Waals surface area contributed by atoms with Crippen LogP contribution in [0.1, 0.15) is 31.8 Å². The van der Waals surface area contributed by atoms with Crippen LogP contribution in [0.5, 0.6) is 0 Å². The number of anilines is 2. The van der Waals surface area contributed by atoms with Gasteiger partial charge >= 0.3 is 11.9 Å². The van der Waals surface area contributed by atoms with Gasteiger partial charge in [-0.25, -0.2) is 0 Å². The molecule has 0 aliphatic carbocycles. The normalized spacial score (nSPS) is 13.1. The standard InChI is InChI=1S/C22H15ClF3N3O4.C4H9NO/c1-12-8-9-15(27-20(30)13-4-2-5-14(10-13)22(24,25)26)11-18(12)28-21(31)16-6-3-7-17(23)19(16)29(32)33;1-3-6-4-2-5-1/h2-11H,1H3,(H,27,30)(H,28,31);5H,1-4H2. The van der Waals surface area contributed by atoms with Crippen molar-refractivity contribution in [3.05, 3.63) is 98.1 Å². The third-order valence-electron chi connectivity index (χ3n) is 5.46. The number of nitrogens with zero attached hydrogens (tertiary/aromatic N) is 1. The fourth-order valence-electron chi connectivity index (χ4n) is 3.46. The van der Waals surface area contributed by atoms with Crippen molar-refractivity contribution in [2.24, 2.45) is 0 Å². The number of morpholine rings is 1. The quantitative estimate of drug-likeness (QED) is 0.270. The predicted molar refractivity (Wildman–Crippen MR) is 140 cm³/mol. The first-order valence-corrected chi connectivity index (χ1v) is 12.0. The molecule has 0 saturated carbocycles. The van der Waals surface area contributed by atoms with Gasteiger partial charge in [0.2, 0.25) is 0 Å². The molecule has 1 saturated heterocycles. The summed E-state index contributed by atoms with van der Waals surface area (Å²) in [4.78, 5) is 35.6. The van der Waals surface area contributed by atoms with Crippen molar-refractivity contribution in [3.63, 3.8) is 0 Å². The maximum Gasteiger partial charge on any atom is 0.416 e. The van der Waals surface area contributed by atoms with Gasteiger partial charge in [-0.05, 0) is 55.0 Å². The molecule has 9 nitrogen and oxygen atoms in total. The van der Waals surface area contributed by atoms with Crippen molar-refractivity contribution in [2.45, 2.75) is 13.1 Å². The molecule has 39 heavy (non-hydrogen) atoms. The maximum atomic E-state index is 12.9. The lowest BCUT2D eigenvalue weighted by Crippen LogP contribution is -2.30. The fraction of sp³-hybridized carbons (Fsp3) is 0.231. The van der Waals surface area contributed by atoms with Crippen LogP contribution in [0.25, 0.3) is 0 Å². The number of alkyl halides is 3. The topological polar surface area (TPSA) is 123 Å². The summed E-state index contributed by atoms with van der Waals surface area (Å²) in [6, 6.07) is 12.3. The molecule has 1 fully saturated rings. The maximum absolute atomic E-state index is 12.9. The molecular formula is C26H24ClF3N4O5. The van der Waals surface area contributed by atoms with Crippen molar-refractivity contribution in [2.75, 3.05) is 36.9 Å². The second-order valence-corrected chi connectivity index (χ2v) is 8.68. The minimum Gasteiger partial charge on any atom is -0.379 e. The SMILES string of the molecule is C1COCCN1.Cc1ccc(NC(=O)c2cccc(C(F)(F)F)c2)cc1NC(=O)c1cccc(Cl)c1[N+](=O)[O-]. The van der Waals surface area contributed by atoms with Gasteiger partial charge < -0.3 is 20.7 Å². The number of ether oxygens (including phenoxy) is 1. The highest BCUT2D eigenvalue weighted by atomic mass is 35.5. The van der Waals surface area contributed by atoms with Gasteiger partial charge in [-0.15, -0.1) is 0 Å². The molecule has 4 rings (SSSR count). The third kappa shape index (κ3) is 8.24. The zero-order valence-electron chi connectivity index (χ0n) is 20.6. The van der Waals surface area contributed by atoms with Crippen LogP contribution in [0.2, 0.25) is 5.02 Å². The lowest BCUT2D eigenvalue weighted by atomic mass is 10.1. The van der Waals surface area contributed by atoms with E-state index in [1.165, 1.54) is 36.4 Å². The van der Waals surface area contributed by atoms with Crippen LogP contribution in [0.3, 0.4) is 0 Å². The molecule has 1 aliphatic rings. The molecule has 2 amide bonds. The summed E-state index contributed by atoms with van der Waals surface area (Å²) < 4.78 is 43.7. The van der Waals surface area contributed by atoms with Gasteiger partial charge in [-0.1, -0.05) is 29.8 Å². The van der Waals surface area contributed by atoms with Gasteiger partial charge in [-0.3, -0.25) is 19.7 Å². The van der Waals surface area contributed by atoms with Gasteiger partial charge in [0.05, 0.1) is 23.7 Å². The molecule has 206 valence electrons. The highest BCUT2D eigenvalue weighted by Gasteiger charge is 2.31. The van der Waals surface area contributed by atoms with Crippen molar-refractivity contribution in [3.8, 4) is 0 Å². The lowest BCUT2D eigenvalue weighted by Gasteiger charge is -2.13. The molecule has 3 aromatic carbocycles. The Morgan fingerprint density at radius 1 is 1.00 bits per heavy atom. The first-order chi connectivity index (χ1) is 18.5. The smallest absolute Gasteiger partial charge is 0.379 e. The zero-order chi connectivity index (χ0) is 28.6. The van der Waals surface area contributed by atoms with Gasteiger partial charge in [0.25, 0.3) is 11.8 Å². The molecule has 3 N–H and O–H groups in total. The number of benzene rings is 3. The van der Waals surface area contributed by atoms with Gasteiger partial charge in [0, 0.05) is 30.0 Å². The van der Waals surface area contributed by atoms with Crippen LogP contribution in [-0.2, 0) is 10.9 Å². The number of para-hydroxylation sites is 1. The van der Waals surface area contributed by atoms with Crippen LogP contribution >= 0.6 is 11.6 Å². The molecule has 0 spiro atoms. The highest BCUT2D eigenvalue weighted by molar-refractivity contribution is 6.33. The van der Waals surface area contributed by atoms with Crippen LogP contribution in [0.15, 0.2) is 60.7 Å². The average Bonchev–Trinajstić information content (AvgIpc) is 2.91. The van der Waals surface area contributed by atoms with Crippen LogP contribution < -0.4 is 16.0 Å². The number of carbonyl (C=O) groups is 2. The summed E-state index contributed by atoms with van der Waals surface area (Å²) in [7, 11) is 0. The Hall–Kier alpha value is -4.00. The van der Waals surface area contributed by atoms with Crippen molar-refractivity contribution >= 4 is 40.5 Å². The van der Waals surface area contributed by atoms with Gasteiger partial charge in [-0.2, -0.15) is 13.2 Å². The number of rotatable bonds is 5. The second-order valence-electron chi connectivity index (χ2n) is 8.27. The number of aryl methyl sites for hydroxylation is 1. The number of nitro benzene ring substituents is 1. The number of hydrogen-bond donors (Lipinski definition) is 3. The largest absolute Gasteiger partial charge is 0.416 e. The summed E-state index contributed by atoms with van der Waals surface area (Å²) in [5.74, 6) is -1.58. The molecular weight excluding hydrogens is 541 g/mol. The number of halogens is 4. The molecule has 0 aromatic heterocycles. The third-order valence-corrected chi connectivity index (χ3v) is 5.76. The molecule has 0 bridgehead atoms. The molecule has 13 heteroatoms. The number of hydrogen-bond acceptors (Lipinski definition) is 6. The van der Waals surface area contributed by atoms with E-state index >= 15 is 0 Å². The molecule has 1 heterocycles. The van der Waals surface area contributed by atoms with Crippen molar-refractivity contribution in [1.82, 2.24) is 5.32 Å². The van der Waals surface area contributed by atoms with Crippen molar-refractivity contribution in [1.29, 1.82) is 0 Å². The fourth-order valence-corrected chi connectivity index (χ4v) is 3.71. The molecule has 0 unspecified atom stereocenters. The first-order valence-electron chi connectivity index (χ1n) is 11.6. The zero-order valence-corrected chi connectivity index (χ0v) is 21.4. The number of nitro groups is 1. The van der Waals surface area contributed by atoms with E-state index in [0.717, 1.165) is 44.5 Å². The Morgan fingerprint density at radius 3 is 2.28 bits per heavy atom. The summed E-state index contributed by atoms with van der Waals surface area (Å²) in [5.41, 5.74) is -0.977. The van der Waals surface area contributed by atoms with Crippen LogP contribution in [0, 0.1) is 17.0 Å². The highest BCUT2D eigenvalue weighted by Crippen LogP contribution is 2.31. The Morgan fingerprint density at radius 2 is 1.69 bits per heavy atom. The number of nitrogens with one attached hydrogen (secondary N) is 3.